The molecule has 4 nitrogen and oxygen atoms in total. The number of phosphoric acid groups is 1. The van der Waals surface area contributed by atoms with Crippen molar-refractivity contribution in [3.63, 3.8) is 0 Å². The monoisotopic (exact) mass is 150 g/mol. The smallest absolute Gasteiger partial charge is 0.790 e. The minimum atomic E-state index is -4.65. The van der Waals surface area contributed by atoms with Crippen LogP contribution < -0.4 is 9.79 Å². The number of rotatable bonds is 1. The molecule has 0 rings (SSSR count). The fourth-order valence-electron chi connectivity index (χ4n) is 0. The Morgan fingerprint density at radius 3 is 1.71 bits per heavy atom. The normalized spacial score (nSPS) is 10.1. The van der Waals surface area contributed by atoms with E-state index >= 15 is 0 Å². The Hall–Kier alpha value is 1.37. The van der Waals surface area contributed by atoms with Crippen molar-refractivity contribution >= 4 is 45.6 Å². The van der Waals surface area contributed by atoms with Crippen LogP contribution in [0.1, 0.15) is 0 Å². The molecule has 7 heavy (non-hydrogen) atoms. The summed E-state index contributed by atoms with van der Waals surface area (Å²) in [4.78, 5) is 18.5. The predicted octanol–water partition coefficient (Wildman–Crippen LogP) is -1.92. The van der Waals surface area contributed by atoms with Gasteiger partial charge in [0.2, 0.25) is 0 Å². The summed E-state index contributed by atoms with van der Waals surface area (Å²) in [5, 5.41) is 0. The second-order valence-corrected chi connectivity index (χ2v) is 1.89. The zero-order valence-electron chi connectivity index (χ0n) is 3.79. The molecule has 0 aliphatic heterocycles. The third kappa shape index (κ3) is 11.1. The molecule has 0 amide bonds. The Morgan fingerprint density at radius 2 is 1.71 bits per heavy atom. The van der Waals surface area contributed by atoms with Gasteiger partial charge in [0, 0.05) is 7.11 Å². The van der Waals surface area contributed by atoms with Gasteiger partial charge in [-0.1, -0.05) is 0 Å². The number of phosphoric ester groups is 1. The summed E-state index contributed by atoms with van der Waals surface area (Å²) in [6, 6.07) is 0. The van der Waals surface area contributed by atoms with Crippen LogP contribution in [0, 0.1) is 0 Å². The Kier molecular flexibility index (Phi) is 6.83. The molecule has 0 aliphatic carbocycles. The van der Waals surface area contributed by atoms with Gasteiger partial charge in [-0.3, -0.25) is 0 Å². The van der Waals surface area contributed by atoms with Gasteiger partial charge < -0.3 is 18.9 Å². The van der Waals surface area contributed by atoms with Crippen molar-refractivity contribution < 1.29 is 18.9 Å². The van der Waals surface area contributed by atoms with Crippen LogP contribution in [0.5, 0.6) is 0 Å². The molecular weight excluding hydrogens is 147 g/mol. The van der Waals surface area contributed by atoms with Crippen LogP contribution in [0.3, 0.4) is 0 Å². The Morgan fingerprint density at radius 1 is 1.57 bits per heavy atom. The van der Waals surface area contributed by atoms with Crippen molar-refractivity contribution in [2.75, 3.05) is 7.11 Å². The first-order valence-corrected chi connectivity index (χ1v) is 2.60. The Bertz CT molecular complexity index is 75.8. The van der Waals surface area contributed by atoms with Crippen LogP contribution in [0.15, 0.2) is 0 Å². The van der Waals surface area contributed by atoms with Crippen molar-refractivity contribution in [1.29, 1.82) is 0 Å². The van der Waals surface area contributed by atoms with E-state index in [0.717, 1.165) is 7.11 Å². The predicted molar refractivity (Wildman–Crippen MR) is 20.4 cm³/mol. The zero-order valence-corrected chi connectivity index (χ0v) is 6.89. The van der Waals surface area contributed by atoms with Gasteiger partial charge in [-0.2, -0.15) is 0 Å². The molecule has 0 aliphatic rings. The van der Waals surface area contributed by atoms with Gasteiger partial charge in [-0.15, -0.1) is 0 Å². The molecule has 0 aromatic carbocycles. The molecule has 0 saturated carbocycles. The first kappa shape index (κ1) is 11.2. The van der Waals surface area contributed by atoms with Crippen molar-refractivity contribution in [3.05, 3.63) is 0 Å². The quantitative estimate of drug-likeness (QED) is 0.322. The van der Waals surface area contributed by atoms with E-state index in [1.165, 1.54) is 0 Å². The second kappa shape index (κ2) is 4.27. The molecule has 6 heteroatoms. The number of hydrogen-bond acceptors (Lipinski definition) is 4. The first-order chi connectivity index (χ1) is 2.56. The summed E-state index contributed by atoms with van der Waals surface area (Å²) in [6.07, 6.45) is 0. The topological polar surface area (TPSA) is 72.4 Å². The molecule has 0 aromatic rings. The van der Waals surface area contributed by atoms with Gasteiger partial charge in [0.1, 0.15) is 0 Å². The van der Waals surface area contributed by atoms with Gasteiger partial charge in [-0.25, -0.2) is 0 Å². The molecular formula is CH3CaO4P. The van der Waals surface area contributed by atoms with E-state index in [0.29, 0.717) is 0 Å². The van der Waals surface area contributed by atoms with Crippen LogP contribution >= 0.6 is 7.82 Å². The van der Waals surface area contributed by atoms with Crippen LogP contribution in [0.25, 0.3) is 0 Å². The molecule has 0 spiro atoms. The summed E-state index contributed by atoms with van der Waals surface area (Å²) in [5.74, 6) is 0. The Labute approximate surface area is 71.1 Å². The molecule has 0 heterocycles. The first-order valence-electron chi connectivity index (χ1n) is 1.14. The van der Waals surface area contributed by atoms with E-state index in [4.69, 9.17) is 0 Å². The van der Waals surface area contributed by atoms with Crippen LogP contribution in [-0.4, -0.2) is 44.8 Å². The molecule has 0 bridgehead atoms. The fraction of sp³-hybridized carbons (Fsp3) is 1.00. The van der Waals surface area contributed by atoms with Gasteiger partial charge in [-0.05, 0) is 0 Å². The maximum Gasteiger partial charge on any atom is 2.00 e. The molecule has 38 valence electrons. The minimum absolute atomic E-state index is 0. The van der Waals surface area contributed by atoms with Crippen molar-refractivity contribution in [2.24, 2.45) is 0 Å². The van der Waals surface area contributed by atoms with Crippen LogP contribution in [0.4, 0.5) is 0 Å². The largest absolute Gasteiger partial charge is 2.00 e. The summed E-state index contributed by atoms with van der Waals surface area (Å²) in [5.41, 5.74) is 0. The van der Waals surface area contributed by atoms with Crippen molar-refractivity contribution in [3.8, 4) is 0 Å². The average Bonchev–Trinajstić information content (AvgIpc) is 1.35. The third-order valence-electron chi connectivity index (χ3n) is 0.224. The van der Waals surface area contributed by atoms with Gasteiger partial charge in [0.15, 0.2) is 0 Å². The number of hydrogen-bond donors (Lipinski definition) is 0. The third-order valence-corrected chi connectivity index (χ3v) is 0.671. The molecule has 0 unspecified atom stereocenters. The van der Waals surface area contributed by atoms with E-state index in [-0.39, 0.29) is 37.7 Å². The summed E-state index contributed by atoms with van der Waals surface area (Å²) >= 11 is 0. The second-order valence-electron chi connectivity index (χ2n) is 0.630. The SMILES string of the molecule is COP(=O)([O-])[O-].[Ca+2]. The van der Waals surface area contributed by atoms with Gasteiger partial charge in [0.25, 0.3) is 0 Å². The van der Waals surface area contributed by atoms with Crippen LogP contribution in [-0.2, 0) is 9.09 Å². The maximum absolute atomic E-state index is 9.25. The standard InChI is InChI=1S/CH5O4P.Ca/c1-5-6(2,3)4;/h1H3,(H2,2,3,4);/q;+2/p-2. The van der Waals surface area contributed by atoms with E-state index in [1.807, 2.05) is 0 Å². The Balaban J connectivity index is 0. The van der Waals surface area contributed by atoms with E-state index in [2.05, 4.69) is 4.52 Å². The van der Waals surface area contributed by atoms with Crippen molar-refractivity contribution in [1.82, 2.24) is 0 Å². The van der Waals surface area contributed by atoms with Gasteiger partial charge in [0.05, 0.1) is 7.82 Å². The van der Waals surface area contributed by atoms with Gasteiger partial charge >= 0.3 is 37.7 Å². The molecule has 0 aromatic heterocycles. The molecule has 0 atom stereocenters. The molecule has 0 fully saturated rings. The maximum atomic E-state index is 9.25. The zero-order chi connectivity index (χ0) is 5.21. The average molecular weight is 150 g/mol. The molecule has 0 N–H and O–H groups in total. The van der Waals surface area contributed by atoms with E-state index < -0.39 is 7.82 Å². The van der Waals surface area contributed by atoms with E-state index in [9.17, 15) is 14.4 Å². The summed E-state index contributed by atoms with van der Waals surface area (Å²) < 4.78 is 12.6. The summed E-state index contributed by atoms with van der Waals surface area (Å²) in [7, 11) is -3.83. The summed E-state index contributed by atoms with van der Waals surface area (Å²) in [6.45, 7) is 0. The van der Waals surface area contributed by atoms with Crippen molar-refractivity contribution in [2.45, 2.75) is 0 Å². The fourth-order valence-corrected chi connectivity index (χ4v) is 0. The molecule has 0 saturated heterocycles. The van der Waals surface area contributed by atoms with Crippen LogP contribution in [0.2, 0.25) is 0 Å². The molecule has 0 radical (unpaired) electrons. The minimum Gasteiger partial charge on any atom is -0.790 e. The van der Waals surface area contributed by atoms with E-state index in [1.54, 1.807) is 0 Å².